The largest absolute Gasteiger partial charge is 0.490 e. The fourth-order valence-electron chi connectivity index (χ4n) is 4.52. The van der Waals surface area contributed by atoms with Gasteiger partial charge >= 0.3 is 0 Å². The summed E-state index contributed by atoms with van der Waals surface area (Å²) in [7, 11) is 0. The molecule has 0 radical (unpaired) electrons. The number of thiophene rings is 1. The van der Waals surface area contributed by atoms with Crippen molar-refractivity contribution in [1.82, 2.24) is 0 Å². The van der Waals surface area contributed by atoms with Crippen LogP contribution < -0.4 is 14.8 Å². The minimum Gasteiger partial charge on any atom is -0.490 e. The highest BCUT2D eigenvalue weighted by molar-refractivity contribution is 7.16. The van der Waals surface area contributed by atoms with E-state index in [-0.39, 0.29) is 12.2 Å². The maximum Gasteiger partial charge on any atom is 0.266 e. The predicted octanol–water partition coefficient (Wildman–Crippen LogP) is 7.40. The van der Waals surface area contributed by atoms with Crippen molar-refractivity contribution in [1.29, 1.82) is 10.5 Å². The van der Waals surface area contributed by atoms with Crippen LogP contribution in [0.15, 0.2) is 54.6 Å². The number of allylic oxidation sites excluding steroid dienone is 1. The van der Waals surface area contributed by atoms with Gasteiger partial charge in [0.25, 0.3) is 5.91 Å². The molecule has 4 rings (SSSR count). The lowest BCUT2D eigenvalue weighted by Gasteiger charge is -2.17. The lowest BCUT2D eigenvalue weighted by molar-refractivity contribution is -0.112. The van der Waals surface area contributed by atoms with Crippen LogP contribution in [0.5, 0.6) is 11.5 Å². The number of anilines is 1. The van der Waals surface area contributed by atoms with Crippen LogP contribution in [0.1, 0.15) is 52.5 Å². The van der Waals surface area contributed by atoms with Crippen LogP contribution in [-0.2, 0) is 30.7 Å². The molecule has 1 aliphatic carbocycles. The normalized spacial score (nSPS) is 12.6. The Hall–Kier alpha value is -4.04. The number of ether oxygens (including phenoxy) is 2. The molecule has 6 nitrogen and oxygen atoms in total. The Bertz CT molecular complexity index is 1510. The predicted molar refractivity (Wildman–Crippen MR) is 155 cm³/mol. The molecule has 0 saturated heterocycles. The fraction of sp³-hybridized carbons (Fsp3) is 0.258. The van der Waals surface area contributed by atoms with Gasteiger partial charge in [0.15, 0.2) is 11.5 Å². The van der Waals surface area contributed by atoms with E-state index in [1.165, 1.54) is 17.4 Å². The molecule has 0 spiro atoms. The van der Waals surface area contributed by atoms with E-state index < -0.39 is 5.91 Å². The quantitative estimate of drug-likeness (QED) is 0.159. The maximum atomic E-state index is 13.1. The smallest absolute Gasteiger partial charge is 0.266 e. The van der Waals surface area contributed by atoms with Gasteiger partial charge in [0.05, 0.1) is 12.2 Å². The van der Waals surface area contributed by atoms with Gasteiger partial charge in [-0.05, 0) is 74.4 Å². The average molecular weight is 558 g/mol. The zero-order valence-corrected chi connectivity index (χ0v) is 23.3. The molecule has 0 unspecified atom stereocenters. The average Bonchev–Trinajstić information content (AvgIpc) is 3.29. The van der Waals surface area contributed by atoms with E-state index >= 15 is 0 Å². The number of rotatable bonds is 10. The van der Waals surface area contributed by atoms with Gasteiger partial charge in [-0.15, -0.1) is 17.9 Å². The highest BCUT2D eigenvalue weighted by Gasteiger charge is 2.23. The van der Waals surface area contributed by atoms with Crippen LogP contribution >= 0.6 is 22.9 Å². The highest BCUT2D eigenvalue weighted by Crippen LogP contribution is 2.38. The van der Waals surface area contributed by atoms with Crippen LogP contribution in [0.25, 0.3) is 6.08 Å². The van der Waals surface area contributed by atoms with Crippen molar-refractivity contribution in [2.45, 2.75) is 45.6 Å². The Balaban J connectivity index is 1.64. The number of fused-ring (bicyclic) bond motifs is 1. The van der Waals surface area contributed by atoms with E-state index in [1.54, 1.807) is 12.1 Å². The van der Waals surface area contributed by atoms with Crippen molar-refractivity contribution < 1.29 is 14.3 Å². The second kappa shape index (κ2) is 13.2. The van der Waals surface area contributed by atoms with Gasteiger partial charge in [-0.2, -0.15) is 10.5 Å². The number of benzene rings is 2. The molecule has 8 heteroatoms. The SMILES string of the molecule is C=CCc1cc(/C=C(\C#N)C(=O)Nc2sc3c(c2C#N)CCCC3)cc(OCC)c1OCc1ccccc1Cl. The molecule has 198 valence electrons. The zero-order valence-electron chi connectivity index (χ0n) is 21.7. The number of nitrogens with one attached hydrogen (secondary N) is 1. The second-order valence-electron chi connectivity index (χ2n) is 8.96. The number of amides is 1. The number of halogens is 1. The van der Waals surface area contributed by atoms with E-state index in [2.05, 4.69) is 18.0 Å². The summed E-state index contributed by atoms with van der Waals surface area (Å²) in [5, 5.41) is 23.5. The molecular weight excluding hydrogens is 530 g/mol. The van der Waals surface area contributed by atoms with E-state index in [4.69, 9.17) is 21.1 Å². The summed E-state index contributed by atoms with van der Waals surface area (Å²) in [5.74, 6) is 0.486. The Morgan fingerprint density at radius 2 is 1.97 bits per heavy atom. The Kier molecular flexibility index (Phi) is 9.44. The molecule has 1 amide bonds. The highest BCUT2D eigenvalue weighted by atomic mass is 35.5. The minimum absolute atomic E-state index is 0.0815. The third kappa shape index (κ3) is 6.52. The zero-order chi connectivity index (χ0) is 27.8. The molecule has 1 aliphatic rings. The number of aryl methyl sites for hydroxylation is 1. The summed E-state index contributed by atoms with van der Waals surface area (Å²) < 4.78 is 12.1. The second-order valence-corrected chi connectivity index (χ2v) is 10.5. The summed E-state index contributed by atoms with van der Waals surface area (Å²) in [6, 6.07) is 15.3. The van der Waals surface area contributed by atoms with Crippen LogP contribution in [0.2, 0.25) is 5.02 Å². The summed E-state index contributed by atoms with van der Waals surface area (Å²) in [4.78, 5) is 14.3. The molecule has 1 aromatic heterocycles. The van der Waals surface area contributed by atoms with Gasteiger partial charge in [0.1, 0.15) is 29.3 Å². The summed E-state index contributed by atoms with van der Waals surface area (Å²) in [6.45, 7) is 6.37. The Labute approximate surface area is 237 Å². The summed E-state index contributed by atoms with van der Waals surface area (Å²) >= 11 is 7.73. The standard InChI is InChI=1S/C31H28ClN3O3S/c1-3-9-21-14-20(16-27(37-4-2)29(21)38-19-22-10-5-7-12-26(22)32)15-23(17-33)30(36)35-31-25(18-34)24-11-6-8-13-28(24)39-31/h3,5,7,10,12,14-16H,1,4,6,8-9,11,13,19H2,2H3,(H,35,36)/b23-15+. The molecule has 39 heavy (non-hydrogen) atoms. The third-order valence-electron chi connectivity index (χ3n) is 6.33. The minimum atomic E-state index is -0.560. The van der Waals surface area contributed by atoms with Crippen molar-refractivity contribution in [2.75, 3.05) is 11.9 Å². The lowest BCUT2D eigenvalue weighted by atomic mass is 9.96. The molecule has 1 N–H and O–H groups in total. The Morgan fingerprint density at radius 3 is 2.69 bits per heavy atom. The van der Waals surface area contributed by atoms with Gasteiger partial charge in [-0.25, -0.2) is 0 Å². The number of hydrogen-bond acceptors (Lipinski definition) is 6. The van der Waals surface area contributed by atoms with Crippen molar-refractivity contribution in [3.05, 3.63) is 92.3 Å². The van der Waals surface area contributed by atoms with Crippen LogP contribution in [-0.4, -0.2) is 12.5 Å². The Morgan fingerprint density at radius 1 is 1.18 bits per heavy atom. The molecular formula is C31H28ClN3O3S. The summed E-state index contributed by atoms with van der Waals surface area (Å²) in [5.41, 5.74) is 3.69. The fourth-order valence-corrected chi connectivity index (χ4v) is 5.95. The number of nitriles is 2. The summed E-state index contributed by atoms with van der Waals surface area (Å²) in [6.07, 6.45) is 7.60. The maximum absolute atomic E-state index is 13.1. The third-order valence-corrected chi connectivity index (χ3v) is 7.91. The van der Waals surface area contributed by atoms with Crippen molar-refractivity contribution in [3.8, 4) is 23.6 Å². The van der Waals surface area contributed by atoms with Crippen LogP contribution in [0.4, 0.5) is 5.00 Å². The molecule has 0 saturated carbocycles. The van der Waals surface area contributed by atoms with Crippen LogP contribution in [0, 0.1) is 22.7 Å². The van der Waals surface area contributed by atoms with Gasteiger partial charge in [-0.1, -0.05) is 35.9 Å². The van der Waals surface area contributed by atoms with Gasteiger partial charge < -0.3 is 14.8 Å². The first-order valence-electron chi connectivity index (χ1n) is 12.7. The monoisotopic (exact) mass is 557 g/mol. The van der Waals surface area contributed by atoms with Gasteiger partial charge in [-0.3, -0.25) is 4.79 Å². The first kappa shape index (κ1) is 28.0. The van der Waals surface area contributed by atoms with Gasteiger partial charge in [0.2, 0.25) is 0 Å². The van der Waals surface area contributed by atoms with Crippen molar-refractivity contribution >= 4 is 39.9 Å². The topological polar surface area (TPSA) is 95.1 Å². The number of hydrogen-bond donors (Lipinski definition) is 1. The van der Waals surface area contributed by atoms with Crippen molar-refractivity contribution in [3.63, 3.8) is 0 Å². The van der Waals surface area contributed by atoms with Crippen LogP contribution in [0.3, 0.4) is 0 Å². The van der Waals surface area contributed by atoms with E-state index in [9.17, 15) is 15.3 Å². The molecule has 3 aromatic rings. The molecule has 0 fully saturated rings. The van der Waals surface area contributed by atoms with E-state index in [0.717, 1.165) is 47.3 Å². The van der Waals surface area contributed by atoms with E-state index in [1.807, 2.05) is 43.3 Å². The number of nitrogens with zero attached hydrogens (tertiary/aromatic N) is 2. The lowest BCUT2D eigenvalue weighted by Crippen LogP contribution is -2.13. The number of carbonyl (C=O) groups is 1. The van der Waals surface area contributed by atoms with Crippen molar-refractivity contribution in [2.24, 2.45) is 0 Å². The first-order chi connectivity index (χ1) is 19.0. The number of carbonyl (C=O) groups excluding carboxylic acids is 1. The molecule has 2 aromatic carbocycles. The van der Waals surface area contributed by atoms with E-state index in [0.29, 0.717) is 45.7 Å². The molecule has 0 aliphatic heterocycles. The van der Waals surface area contributed by atoms with Gasteiger partial charge in [0, 0.05) is 21.0 Å². The molecule has 0 atom stereocenters. The molecule has 1 heterocycles. The first-order valence-corrected chi connectivity index (χ1v) is 13.9. The molecule has 0 bridgehead atoms.